The van der Waals surface area contributed by atoms with Gasteiger partial charge in [0.25, 0.3) is 0 Å². The largest absolute Gasteiger partial charge is 0.342 e. The molecule has 3 unspecified atom stereocenters. The van der Waals surface area contributed by atoms with Gasteiger partial charge in [0.15, 0.2) is 0 Å². The van der Waals surface area contributed by atoms with Crippen LogP contribution in [0.15, 0.2) is 0 Å². The van der Waals surface area contributed by atoms with Crippen LogP contribution in [0.5, 0.6) is 0 Å². The molecule has 3 atom stereocenters. The summed E-state index contributed by atoms with van der Waals surface area (Å²) in [7, 11) is 0. The summed E-state index contributed by atoms with van der Waals surface area (Å²) in [4.78, 5) is 14.0. The molecule has 3 nitrogen and oxygen atoms in total. The minimum absolute atomic E-state index is 0. The molecular weight excluding hydrogens is 224 g/mol. The smallest absolute Gasteiger partial charge is 0.225 e. The van der Waals surface area contributed by atoms with E-state index in [1.807, 2.05) is 0 Å². The minimum Gasteiger partial charge on any atom is -0.342 e. The Balaban J connectivity index is 0.000000963. The second-order valence-corrected chi connectivity index (χ2v) is 5.54. The van der Waals surface area contributed by atoms with Gasteiger partial charge in [-0.3, -0.25) is 4.79 Å². The van der Waals surface area contributed by atoms with E-state index in [0.29, 0.717) is 29.7 Å². The third-order valence-electron chi connectivity index (χ3n) is 4.39. The fourth-order valence-electron chi connectivity index (χ4n) is 3.29. The highest BCUT2D eigenvalue weighted by atomic mass is 35.5. The fourth-order valence-corrected chi connectivity index (χ4v) is 3.29. The van der Waals surface area contributed by atoms with Crippen molar-refractivity contribution >= 4 is 18.3 Å². The molecule has 3 fully saturated rings. The van der Waals surface area contributed by atoms with Gasteiger partial charge in [0.05, 0.1) is 0 Å². The molecule has 3 aliphatic rings. The Morgan fingerprint density at radius 2 is 1.88 bits per heavy atom. The van der Waals surface area contributed by atoms with E-state index < -0.39 is 0 Å². The third kappa shape index (κ3) is 2.07. The Hall–Kier alpha value is -0.280. The van der Waals surface area contributed by atoms with Gasteiger partial charge < -0.3 is 10.6 Å². The number of amides is 1. The third-order valence-corrected chi connectivity index (χ3v) is 4.39. The number of halogens is 1. The van der Waals surface area contributed by atoms with Gasteiger partial charge in [0, 0.05) is 25.0 Å². The van der Waals surface area contributed by atoms with Crippen LogP contribution >= 0.6 is 12.4 Å². The van der Waals surface area contributed by atoms with E-state index in [2.05, 4.69) is 4.90 Å². The maximum Gasteiger partial charge on any atom is 0.225 e. The predicted octanol–water partition coefficient (Wildman–Crippen LogP) is 1.40. The highest BCUT2D eigenvalue weighted by Crippen LogP contribution is 2.38. The summed E-state index contributed by atoms with van der Waals surface area (Å²) in [5.74, 6) is 2.09. The zero-order chi connectivity index (χ0) is 10.4. The van der Waals surface area contributed by atoms with E-state index in [-0.39, 0.29) is 12.4 Å². The lowest BCUT2D eigenvalue weighted by molar-refractivity contribution is -0.131. The second kappa shape index (κ2) is 4.53. The molecule has 16 heavy (non-hydrogen) atoms. The van der Waals surface area contributed by atoms with Crippen molar-refractivity contribution in [3.63, 3.8) is 0 Å². The maximum atomic E-state index is 11.9. The van der Waals surface area contributed by atoms with E-state index >= 15 is 0 Å². The highest BCUT2D eigenvalue weighted by molar-refractivity contribution is 5.85. The first-order valence-electron chi connectivity index (χ1n) is 6.30. The lowest BCUT2D eigenvalue weighted by Crippen LogP contribution is -2.38. The van der Waals surface area contributed by atoms with Gasteiger partial charge in [-0.05, 0) is 37.5 Å². The Morgan fingerprint density at radius 3 is 2.50 bits per heavy atom. The Labute approximate surface area is 103 Å². The first-order chi connectivity index (χ1) is 7.25. The molecule has 2 aliphatic carbocycles. The van der Waals surface area contributed by atoms with Crippen LogP contribution in [-0.4, -0.2) is 29.9 Å². The normalized spacial score (nSPS) is 37.8. The molecular formula is C12H21ClN2O. The number of carbonyl (C=O) groups excluding carboxylic acids is 1. The van der Waals surface area contributed by atoms with Crippen LogP contribution in [0.3, 0.4) is 0 Å². The molecule has 92 valence electrons. The van der Waals surface area contributed by atoms with Crippen molar-refractivity contribution in [2.24, 2.45) is 23.5 Å². The standard InChI is InChI=1S/C12H20N2O.ClH/c13-11-3-1-2-9-6-14(7-10(9)11)12(15)8-4-5-8;/h8-11H,1-7,13H2;1H. The summed E-state index contributed by atoms with van der Waals surface area (Å²) in [6.07, 6.45) is 5.95. The predicted molar refractivity (Wildman–Crippen MR) is 65.4 cm³/mol. The van der Waals surface area contributed by atoms with Crippen molar-refractivity contribution in [3.8, 4) is 0 Å². The Kier molecular flexibility index (Phi) is 3.45. The van der Waals surface area contributed by atoms with Gasteiger partial charge in [-0.2, -0.15) is 0 Å². The van der Waals surface area contributed by atoms with Gasteiger partial charge in [-0.1, -0.05) is 6.42 Å². The summed E-state index contributed by atoms with van der Waals surface area (Å²) in [6.45, 7) is 1.94. The van der Waals surface area contributed by atoms with E-state index in [9.17, 15) is 4.79 Å². The number of nitrogens with two attached hydrogens (primary N) is 1. The van der Waals surface area contributed by atoms with E-state index in [0.717, 1.165) is 32.4 Å². The molecule has 1 heterocycles. The number of hydrogen-bond acceptors (Lipinski definition) is 2. The molecule has 2 N–H and O–H groups in total. The average molecular weight is 245 g/mol. The Bertz CT molecular complexity index is 280. The van der Waals surface area contributed by atoms with Crippen LogP contribution in [0.25, 0.3) is 0 Å². The molecule has 0 aromatic heterocycles. The lowest BCUT2D eigenvalue weighted by atomic mass is 9.78. The van der Waals surface area contributed by atoms with Crippen LogP contribution in [0.4, 0.5) is 0 Å². The number of carbonyl (C=O) groups is 1. The number of fused-ring (bicyclic) bond motifs is 1. The van der Waals surface area contributed by atoms with Crippen molar-refractivity contribution in [3.05, 3.63) is 0 Å². The van der Waals surface area contributed by atoms with Crippen molar-refractivity contribution in [2.75, 3.05) is 13.1 Å². The summed E-state index contributed by atoms with van der Waals surface area (Å²) < 4.78 is 0. The molecule has 3 rings (SSSR count). The number of hydrogen-bond donors (Lipinski definition) is 1. The zero-order valence-corrected chi connectivity index (χ0v) is 10.4. The second-order valence-electron chi connectivity index (χ2n) is 5.54. The van der Waals surface area contributed by atoms with Gasteiger partial charge >= 0.3 is 0 Å². The average Bonchev–Trinajstić information content (AvgIpc) is 2.97. The lowest BCUT2D eigenvalue weighted by Gasteiger charge is -2.29. The first-order valence-corrected chi connectivity index (χ1v) is 6.30. The number of rotatable bonds is 1. The van der Waals surface area contributed by atoms with Crippen molar-refractivity contribution in [2.45, 2.75) is 38.1 Å². The molecule has 0 spiro atoms. The zero-order valence-electron chi connectivity index (χ0n) is 9.60. The van der Waals surface area contributed by atoms with Crippen molar-refractivity contribution < 1.29 is 4.79 Å². The van der Waals surface area contributed by atoms with Crippen LogP contribution in [0.2, 0.25) is 0 Å². The van der Waals surface area contributed by atoms with E-state index in [4.69, 9.17) is 5.73 Å². The van der Waals surface area contributed by atoms with E-state index in [1.54, 1.807) is 0 Å². The molecule has 0 aromatic rings. The van der Waals surface area contributed by atoms with Crippen LogP contribution in [0.1, 0.15) is 32.1 Å². The summed E-state index contributed by atoms with van der Waals surface area (Å²) in [5.41, 5.74) is 6.14. The highest BCUT2D eigenvalue weighted by Gasteiger charge is 2.43. The van der Waals surface area contributed by atoms with Gasteiger partial charge in [0.2, 0.25) is 5.91 Å². The molecule has 1 amide bonds. The monoisotopic (exact) mass is 244 g/mol. The number of likely N-dealkylation sites (tertiary alicyclic amines) is 1. The number of nitrogens with zero attached hydrogens (tertiary/aromatic N) is 1. The van der Waals surface area contributed by atoms with Crippen LogP contribution in [0, 0.1) is 17.8 Å². The van der Waals surface area contributed by atoms with Crippen LogP contribution in [-0.2, 0) is 4.79 Å². The van der Waals surface area contributed by atoms with Crippen molar-refractivity contribution in [1.82, 2.24) is 4.90 Å². The molecule has 1 aliphatic heterocycles. The van der Waals surface area contributed by atoms with Gasteiger partial charge in [0.1, 0.15) is 0 Å². The summed E-state index contributed by atoms with van der Waals surface area (Å²) >= 11 is 0. The Morgan fingerprint density at radius 1 is 1.12 bits per heavy atom. The van der Waals surface area contributed by atoms with Gasteiger partial charge in [-0.15, -0.1) is 12.4 Å². The van der Waals surface area contributed by atoms with Crippen molar-refractivity contribution in [1.29, 1.82) is 0 Å². The molecule has 0 bridgehead atoms. The minimum atomic E-state index is 0. The quantitative estimate of drug-likeness (QED) is 0.758. The maximum absolute atomic E-state index is 11.9. The van der Waals surface area contributed by atoms with Gasteiger partial charge in [-0.25, -0.2) is 0 Å². The molecule has 0 aromatic carbocycles. The fraction of sp³-hybridized carbons (Fsp3) is 0.917. The molecule has 1 saturated heterocycles. The summed E-state index contributed by atoms with van der Waals surface area (Å²) in [6, 6.07) is 0.348. The van der Waals surface area contributed by atoms with E-state index in [1.165, 1.54) is 12.8 Å². The topological polar surface area (TPSA) is 46.3 Å². The molecule has 0 radical (unpaired) electrons. The summed E-state index contributed by atoms with van der Waals surface area (Å²) in [5, 5.41) is 0. The first kappa shape index (κ1) is 12.2. The molecule has 2 saturated carbocycles. The molecule has 4 heteroatoms. The van der Waals surface area contributed by atoms with Crippen LogP contribution < -0.4 is 5.73 Å². The SMILES string of the molecule is Cl.NC1CCCC2CN(C(=O)C3CC3)CC12.